The van der Waals surface area contributed by atoms with Crippen molar-refractivity contribution >= 4 is 21.6 Å². The Labute approximate surface area is 181 Å². The first-order valence-electron chi connectivity index (χ1n) is 9.85. The topological polar surface area (TPSA) is 95.6 Å². The van der Waals surface area contributed by atoms with E-state index in [-0.39, 0.29) is 22.9 Å². The van der Waals surface area contributed by atoms with E-state index in [4.69, 9.17) is 9.15 Å². The number of hydrogen-bond acceptors (Lipinski definition) is 6. The van der Waals surface area contributed by atoms with Gasteiger partial charge in [0.15, 0.2) is 16.4 Å². The van der Waals surface area contributed by atoms with Gasteiger partial charge in [-0.15, -0.1) is 0 Å². The predicted octanol–water partition coefficient (Wildman–Crippen LogP) is 3.64. The monoisotopic (exact) mass is 443 g/mol. The lowest BCUT2D eigenvalue weighted by Gasteiger charge is -2.08. The summed E-state index contributed by atoms with van der Waals surface area (Å²) < 4.78 is 37.0. The molecule has 0 unspecified atom stereocenters. The largest absolute Gasteiger partial charge is 0.467 e. The van der Waals surface area contributed by atoms with Crippen LogP contribution in [-0.4, -0.2) is 37.1 Å². The standard InChI is InChI=1S/C23H25NO6S/c1-16-6-8-20(9-7-16)31(27,28)12-10-23(26)30-15-22(25)21-13-17(2)24(18(21)3)14-19-5-4-11-29-19/h4-9,11,13H,10,12,14-15H2,1-3H3. The molecule has 164 valence electrons. The second-order valence-corrected chi connectivity index (χ2v) is 9.53. The van der Waals surface area contributed by atoms with Gasteiger partial charge in [0.1, 0.15) is 5.76 Å². The van der Waals surface area contributed by atoms with Crippen LogP contribution in [0.5, 0.6) is 0 Å². The number of carbonyl (C=O) groups excluding carboxylic acids is 2. The fraction of sp³-hybridized carbons (Fsp3) is 0.304. The molecule has 0 aliphatic heterocycles. The molecule has 2 heterocycles. The SMILES string of the molecule is Cc1ccc(S(=O)(=O)CCC(=O)OCC(=O)c2cc(C)n(Cc3ccco3)c2C)cc1. The van der Waals surface area contributed by atoms with Crippen molar-refractivity contribution in [3.05, 3.63) is 77.0 Å². The minimum Gasteiger partial charge on any atom is -0.467 e. The summed E-state index contributed by atoms with van der Waals surface area (Å²) in [5.41, 5.74) is 3.04. The Bertz CT molecular complexity index is 1170. The molecule has 0 saturated heterocycles. The van der Waals surface area contributed by atoms with Gasteiger partial charge < -0.3 is 13.7 Å². The maximum absolute atomic E-state index is 12.6. The van der Waals surface area contributed by atoms with E-state index in [9.17, 15) is 18.0 Å². The number of esters is 1. The second kappa shape index (κ2) is 9.34. The van der Waals surface area contributed by atoms with Gasteiger partial charge in [0.05, 0.1) is 29.9 Å². The first-order chi connectivity index (χ1) is 14.7. The fourth-order valence-corrected chi connectivity index (χ4v) is 4.48. The van der Waals surface area contributed by atoms with Gasteiger partial charge in [0.25, 0.3) is 0 Å². The number of hydrogen-bond donors (Lipinski definition) is 0. The van der Waals surface area contributed by atoms with Gasteiger partial charge >= 0.3 is 5.97 Å². The number of rotatable bonds is 9. The van der Waals surface area contributed by atoms with Crippen molar-refractivity contribution < 1.29 is 27.2 Å². The van der Waals surface area contributed by atoms with Crippen LogP contribution < -0.4 is 0 Å². The van der Waals surface area contributed by atoms with Gasteiger partial charge in [-0.25, -0.2) is 8.42 Å². The van der Waals surface area contributed by atoms with Crippen LogP contribution in [0.15, 0.2) is 58.0 Å². The van der Waals surface area contributed by atoms with Crippen LogP contribution in [0.3, 0.4) is 0 Å². The molecule has 2 aromatic heterocycles. The molecule has 7 nitrogen and oxygen atoms in total. The number of aryl methyl sites for hydroxylation is 2. The summed E-state index contributed by atoms with van der Waals surface area (Å²) in [6.07, 6.45) is 1.27. The summed E-state index contributed by atoms with van der Waals surface area (Å²) >= 11 is 0. The van der Waals surface area contributed by atoms with Crippen LogP contribution in [0.25, 0.3) is 0 Å². The van der Waals surface area contributed by atoms with Gasteiger partial charge in [0, 0.05) is 17.0 Å². The van der Waals surface area contributed by atoms with E-state index in [0.717, 1.165) is 22.7 Å². The van der Waals surface area contributed by atoms with Crippen molar-refractivity contribution in [1.29, 1.82) is 0 Å². The van der Waals surface area contributed by atoms with E-state index < -0.39 is 22.4 Å². The molecular formula is C23H25NO6S. The van der Waals surface area contributed by atoms with Crippen molar-refractivity contribution in [3.63, 3.8) is 0 Å². The molecule has 3 rings (SSSR count). The molecule has 1 aromatic carbocycles. The molecule has 0 amide bonds. The van der Waals surface area contributed by atoms with Crippen molar-refractivity contribution in [2.24, 2.45) is 0 Å². The number of benzene rings is 1. The predicted molar refractivity (Wildman–Crippen MR) is 115 cm³/mol. The van der Waals surface area contributed by atoms with Gasteiger partial charge in [-0.3, -0.25) is 9.59 Å². The second-order valence-electron chi connectivity index (χ2n) is 7.42. The number of ketones is 1. The Kier molecular flexibility index (Phi) is 6.80. The summed E-state index contributed by atoms with van der Waals surface area (Å²) in [6.45, 7) is 5.62. The molecule has 0 radical (unpaired) electrons. The highest BCUT2D eigenvalue weighted by Crippen LogP contribution is 2.18. The highest BCUT2D eigenvalue weighted by molar-refractivity contribution is 7.91. The van der Waals surface area contributed by atoms with Crippen molar-refractivity contribution in [1.82, 2.24) is 4.57 Å². The average molecular weight is 444 g/mol. The number of carbonyl (C=O) groups is 2. The molecule has 0 aliphatic rings. The van der Waals surface area contributed by atoms with Crippen molar-refractivity contribution in [2.75, 3.05) is 12.4 Å². The van der Waals surface area contributed by atoms with Crippen LogP contribution >= 0.6 is 0 Å². The minimum atomic E-state index is -3.59. The molecule has 31 heavy (non-hydrogen) atoms. The Morgan fingerprint density at radius 1 is 1.06 bits per heavy atom. The lowest BCUT2D eigenvalue weighted by Crippen LogP contribution is -2.18. The highest BCUT2D eigenvalue weighted by atomic mass is 32.2. The summed E-state index contributed by atoms with van der Waals surface area (Å²) in [5, 5.41) is 0. The van der Waals surface area contributed by atoms with E-state index in [1.807, 2.05) is 31.4 Å². The Balaban J connectivity index is 1.56. The third kappa shape index (κ3) is 5.52. The normalized spacial score (nSPS) is 11.5. The Morgan fingerprint density at radius 3 is 2.42 bits per heavy atom. The molecule has 8 heteroatoms. The molecular weight excluding hydrogens is 418 g/mol. The zero-order valence-corrected chi connectivity index (χ0v) is 18.6. The number of sulfone groups is 1. The summed E-state index contributed by atoms with van der Waals surface area (Å²) in [5.74, 6) is -0.676. The summed E-state index contributed by atoms with van der Waals surface area (Å²) in [6, 6.07) is 11.8. The van der Waals surface area contributed by atoms with Gasteiger partial charge in [0.2, 0.25) is 5.78 Å². The quantitative estimate of drug-likeness (QED) is 0.370. The smallest absolute Gasteiger partial charge is 0.307 e. The number of aromatic nitrogens is 1. The number of Topliss-reactive ketones (excluding diaryl/α,β-unsaturated/α-hetero) is 1. The first-order valence-corrected chi connectivity index (χ1v) is 11.5. The van der Waals surface area contributed by atoms with E-state index in [1.165, 1.54) is 12.1 Å². The van der Waals surface area contributed by atoms with Crippen molar-refractivity contribution in [2.45, 2.75) is 38.6 Å². The van der Waals surface area contributed by atoms with E-state index in [1.54, 1.807) is 30.5 Å². The molecule has 0 fully saturated rings. The third-order valence-electron chi connectivity index (χ3n) is 5.09. The molecule has 3 aromatic rings. The van der Waals surface area contributed by atoms with Gasteiger partial charge in [-0.05, 0) is 51.1 Å². The van der Waals surface area contributed by atoms with Gasteiger partial charge in [-0.2, -0.15) is 0 Å². The zero-order chi connectivity index (χ0) is 22.6. The van der Waals surface area contributed by atoms with Crippen LogP contribution in [0.2, 0.25) is 0 Å². The zero-order valence-electron chi connectivity index (χ0n) is 17.8. The van der Waals surface area contributed by atoms with Crippen LogP contribution in [0.1, 0.15) is 39.5 Å². The molecule has 0 saturated carbocycles. The maximum Gasteiger partial charge on any atom is 0.307 e. The van der Waals surface area contributed by atoms with E-state index in [0.29, 0.717) is 12.1 Å². The number of furan rings is 1. The lowest BCUT2D eigenvalue weighted by molar-refractivity contribution is -0.142. The maximum atomic E-state index is 12.6. The fourth-order valence-electron chi connectivity index (χ4n) is 3.26. The van der Waals surface area contributed by atoms with E-state index in [2.05, 4.69) is 0 Å². The van der Waals surface area contributed by atoms with Crippen LogP contribution in [0.4, 0.5) is 0 Å². The summed E-state index contributed by atoms with van der Waals surface area (Å²) in [7, 11) is -3.59. The third-order valence-corrected chi connectivity index (χ3v) is 6.82. The van der Waals surface area contributed by atoms with Crippen LogP contribution in [-0.2, 0) is 25.9 Å². The van der Waals surface area contributed by atoms with Gasteiger partial charge in [-0.1, -0.05) is 17.7 Å². The lowest BCUT2D eigenvalue weighted by atomic mass is 10.1. The first kappa shape index (κ1) is 22.6. The molecule has 0 aliphatic carbocycles. The average Bonchev–Trinajstić information content (AvgIpc) is 3.34. The number of nitrogens with zero attached hydrogens (tertiary/aromatic N) is 1. The molecule has 0 bridgehead atoms. The molecule has 0 spiro atoms. The van der Waals surface area contributed by atoms with Crippen LogP contribution in [0, 0.1) is 20.8 Å². The minimum absolute atomic E-state index is 0.158. The molecule has 0 N–H and O–H groups in total. The molecule has 0 atom stereocenters. The Morgan fingerprint density at radius 2 is 1.77 bits per heavy atom. The Hall–Kier alpha value is -3.13. The number of ether oxygens (including phenoxy) is 1. The summed E-state index contributed by atoms with van der Waals surface area (Å²) in [4.78, 5) is 24.7. The van der Waals surface area contributed by atoms with E-state index >= 15 is 0 Å². The van der Waals surface area contributed by atoms with Crippen molar-refractivity contribution in [3.8, 4) is 0 Å². The highest BCUT2D eigenvalue weighted by Gasteiger charge is 2.20.